The monoisotopic (exact) mass is 271 g/mol. The number of carbonyl (C=O) groups is 1. The van der Waals surface area contributed by atoms with Crippen LogP contribution in [0.4, 0.5) is 5.69 Å². The Hall–Kier alpha value is -1.62. The van der Waals surface area contributed by atoms with Crippen molar-refractivity contribution in [2.24, 2.45) is 0 Å². The van der Waals surface area contributed by atoms with Crippen LogP contribution < -0.4 is 0 Å². The number of rotatable bonds is 5. The zero-order valence-corrected chi connectivity index (χ0v) is 10.9. The third kappa shape index (κ3) is 3.43. The Morgan fingerprint density at radius 1 is 1.56 bits per heavy atom. The second kappa shape index (κ2) is 6.35. The Labute approximate surface area is 110 Å². The van der Waals surface area contributed by atoms with Gasteiger partial charge < -0.3 is 4.74 Å². The number of esters is 1. The maximum absolute atomic E-state index is 11.4. The zero-order chi connectivity index (χ0) is 13.7. The molecule has 0 aliphatic rings. The summed E-state index contributed by atoms with van der Waals surface area (Å²) in [6.45, 7) is 3.66. The first-order chi connectivity index (χ1) is 8.47. The van der Waals surface area contributed by atoms with Crippen LogP contribution in [0.15, 0.2) is 18.2 Å². The van der Waals surface area contributed by atoms with Crippen LogP contribution in [-0.2, 0) is 16.0 Å². The van der Waals surface area contributed by atoms with Crippen molar-refractivity contribution in [2.45, 2.75) is 25.6 Å². The standard InChI is InChI=1S/C12H14ClNO4/c1-3-18-12(15)10(13)7-9-8(2)5-4-6-11(9)14(16)17/h4-6,10H,3,7H2,1-2H3. The number of nitrogens with zero attached hydrogens (tertiary/aromatic N) is 1. The average Bonchev–Trinajstić information content (AvgIpc) is 2.31. The molecule has 0 N–H and O–H groups in total. The smallest absolute Gasteiger partial charge is 0.324 e. The van der Waals surface area contributed by atoms with Gasteiger partial charge in [-0.2, -0.15) is 0 Å². The third-order valence-electron chi connectivity index (χ3n) is 2.51. The first kappa shape index (κ1) is 14.4. The maximum Gasteiger partial charge on any atom is 0.324 e. The van der Waals surface area contributed by atoms with Gasteiger partial charge in [0.1, 0.15) is 5.38 Å². The van der Waals surface area contributed by atoms with Gasteiger partial charge >= 0.3 is 5.97 Å². The van der Waals surface area contributed by atoms with Gasteiger partial charge in [-0.1, -0.05) is 12.1 Å². The van der Waals surface area contributed by atoms with Gasteiger partial charge in [-0.05, 0) is 19.4 Å². The van der Waals surface area contributed by atoms with E-state index in [0.717, 1.165) is 5.56 Å². The number of alkyl halides is 1. The fourth-order valence-corrected chi connectivity index (χ4v) is 1.84. The lowest BCUT2D eigenvalue weighted by Crippen LogP contribution is -2.21. The van der Waals surface area contributed by atoms with Crippen molar-refractivity contribution in [3.8, 4) is 0 Å². The Morgan fingerprint density at radius 2 is 2.22 bits per heavy atom. The highest BCUT2D eigenvalue weighted by Crippen LogP contribution is 2.24. The molecule has 18 heavy (non-hydrogen) atoms. The second-order valence-corrected chi connectivity index (χ2v) is 4.28. The van der Waals surface area contributed by atoms with Gasteiger partial charge in [0.15, 0.2) is 0 Å². The maximum atomic E-state index is 11.4. The van der Waals surface area contributed by atoms with E-state index in [4.69, 9.17) is 16.3 Å². The normalized spacial score (nSPS) is 11.9. The van der Waals surface area contributed by atoms with Gasteiger partial charge in [0.05, 0.1) is 11.5 Å². The molecule has 0 saturated heterocycles. The minimum atomic E-state index is -0.912. The van der Waals surface area contributed by atoms with E-state index in [1.807, 2.05) is 0 Å². The largest absolute Gasteiger partial charge is 0.465 e. The van der Waals surface area contributed by atoms with Crippen LogP contribution >= 0.6 is 11.6 Å². The number of carbonyl (C=O) groups excluding carboxylic acids is 1. The summed E-state index contributed by atoms with van der Waals surface area (Å²) in [5, 5.41) is 9.99. The lowest BCUT2D eigenvalue weighted by Gasteiger charge is -2.11. The molecule has 98 valence electrons. The summed E-state index contributed by atoms with van der Waals surface area (Å²) in [5.41, 5.74) is 1.18. The fraction of sp³-hybridized carbons (Fsp3) is 0.417. The molecular formula is C12H14ClNO4. The van der Waals surface area contributed by atoms with Crippen LogP contribution in [0.1, 0.15) is 18.1 Å². The SMILES string of the molecule is CCOC(=O)C(Cl)Cc1c(C)cccc1[N+](=O)[O-]. The van der Waals surface area contributed by atoms with Crippen LogP contribution in [0.2, 0.25) is 0 Å². The van der Waals surface area contributed by atoms with Crippen molar-refractivity contribution < 1.29 is 14.5 Å². The van der Waals surface area contributed by atoms with Gasteiger partial charge in [0.25, 0.3) is 5.69 Å². The third-order valence-corrected chi connectivity index (χ3v) is 2.84. The molecule has 1 rings (SSSR count). The summed E-state index contributed by atoms with van der Waals surface area (Å²) in [5.74, 6) is -0.559. The van der Waals surface area contributed by atoms with Crippen LogP contribution in [0, 0.1) is 17.0 Å². The number of benzene rings is 1. The van der Waals surface area contributed by atoms with Gasteiger partial charge in [-0.25, -0.2) is 0 Å². The van der Waals surface area contributed by atoms with Crippen LogP contribution in [-0.4, -0.2) is 22.9 Å². The number of hydrogen-bond donors (Lipinski definition) is 0. The van der Waals surface area contributed by atoms with Crippen molar-refractivity contribution in [3.63, 3.8) is 0 Å². The highest BCUT2D eigenvalue weighted by Gasteiger charge is 2.23. The quantitative estimate of drug-likeness (QED) is 0.357. The first-order valence-corrected chi connectivity index (χ1v) is 5.94. The Kier molecular flexibility index (Phi) is 5.09. The summed E-state index contributed by atoms with van der Waals surface area (Å²) in [6.07, 6.45) is 0.0867. The summed E-state index contributed by atoms with van der Waals surface area (Å²) in [6, 6.07) is 4.75. The predicted molar refractivity (Wildman–Crippen MR) is 67.8 cm³/mol. The summed E-state index contributed by atoms with van der Waals surface area (Å²) >= 11 is 5.90. The molecule has 0 aromatic heterocycles. The molecule has 0 bridgehead atoms. The highest BCUT2D eigenvalue weighted by atomic mass is 35.5. The van der Waals surface area contributed by atoms with Crippen molar-refractivity contribution in [3.05, 3.63) is 39.4 Å². The molecule has 0 fully saturated rings. The Balaban J connectivity index is 2.96. The predicted octanol–water partition coefficient (Wildman–Crippen LogP) is 2.62. The van der Waals surface area contributed by atoms with Crippen LogP contribution in [0.5, 0.6) is 0 Å². The summed E-state index contributed by atoms with van der Waals surface area (Å²) in [7, 11) is 0. The van der Waals surface area contributed by atoms with Gasteiger partial charge in [-0.3, -0.25) is 14.9 Å². The van der Waals surface area contributed by atoms with E-state index in [9.17, 15) is 14.9 Å². The van der Waals surface area contributed by atoms with E-state index in [2.05, 4.69) is 0 Å². The molecule has 6 heteroatoms. The number of halogens is 1. The number of nitro groups is 1. The van der Waals surface area contributed by atoms with Crippen molar-refractivity contribution >= 4 is 23.3 Å². The molecule has 1 atom stereocenters. The minimum Gasteiger partial charge on any atom is -0.465 e. The van der Waals surface area contributed by atoms with E-state index >= 15 is 0 Å². The molecule has 0 heterocycles. The minimum absolute atomic E-state index is 0.0232. The highest BCUT2D eigenvalue weighted by molar-refractivity contribution is 6.30. The molecule has 0 aliphatic heterocycles. The molecule has 0 radical (unpaired) electrons. The van der Waals surface area contributed by atoms with Gasteiger partial charge in [0, 0.05) is 18.1 Å². The Bertz CT molecular complexity index is 461. The molecule has 0 spiro atoms. The lowest BCUT2D eigenvalue weighted by molar-refractivity contribution is -0.385. The molecule has 1 aromatic carbocycles. The molecular weight excluding hydrogens is 258 g/mol. The van der Waals surface area contributed by atoms with Gasteiger partial charge in [0.2, 0.25) is 0 Å². The zero-order valence-electron chi connectivity index (χ0n) is 10.2. The summed E-state index contributed by atoms with van der Waals surface area (Å²) < 4.78 is 4.78. The van der Waals surface area contributed by atoms with Crippen LogP contribution in [0.25, 0.3) is 0 Å². The van der Waals surface area contributed by atoms with Crippen LogP contribution in [0.3, 0.4) is 0 Å². The van der Waals surface area contributed by atoms with Gasteiger partial charge in [-0.15, -0.1) is 11.6 Å². The molecule has 5 nitrogen and oxygen atoms in total. The second-order valence-electron chi connectivity index (χ2n) is 3.75. The number of hydrogen-bond acceptors (Lipinski definition) is 4. The number of ether oxygens (including phenoxy) is 1. The number of nitro benzene ring substituents is 1. The average molecular weight is 272 g/mol. The topological polar surface area (TPSA) is 69.4 Å². The van der Waals surface area contributed by atoms with Crippen molar-refractivity contribution in [2.75, 3.05) is 6.61 Å². The van der Waals surface area contributed by atoms with E-state index < -0.39 is 16.3 Å². The summed E-state index contributed by atoms with van der Waals surface area (Å²) in [4.78, 5) is 21.8. The van der Waals surface area contributed by atoms with E-state index in [0.29, 0.717) is 5.56 Å². The molecule has 0 saturated carbocycles. The number of aryl methyl sites for hydroxylation is 1. The van der Waals surface area contributed by atoms with E-state index in [1.165, 1.54) is 6.07 Å². The Morgan fingerprint density at radius 3 is 2.78 bits per heavy atom. The van der Waals surface area contributed by atoms with E-state index in [1.54, 1.807) is 26.0 Å². The lowest BCUT2D eigenvalue weighted by atomic mass is 10.0. The molecule has 1 unspecified atom stereocenters. The van der Waals surface area contributed by atoms with Crippen molar-refractivity contribution in [1.82, 2.24) is 0 Å². The molecule has 0 aliphatic carbocycles. The fourth-order valence-electron chi connectivity index (χ4n) is 1.62. The van der Waals surface area contributed by atoms with Crippen molar-refractivity contribution in [1.29, 1.82) is 0 Å². The van der Waals surface area contributed by atoms with E-state index in [-0.39, 0.29) is 18.7 Å². The molecule has 0 amide bonds. The molecule has 1 aromatic rings. The first-order valence-electron chi connectivity index (χ1n) is 5.51.